The van der Waals surface area contributed by atoms with Crippen molar-refractivity contribution in [2.75, 3.05) is 22.7 Å². The van der Waals surface area contributed by atoms with Crippen molar-refractivity contribution < 1.29 is 18.3 Å². The molecule has 1 fully saturated rings. The molecule has 1 saturated heterocycles. The number of anilines is 2. The van der Waals surface area contributed by atoms with E-state index in [4.69, 9.17) is 0 Å². The van der Waals surface area contributed by atoms with E-state index in [2.05, 4.69) is 23.5 Å². The first-order valence-corrected chi connectivity index (χ1v) is 11.0. The summed E-state index contributed by atoms with van der Waals surface area (Å²) in [6.45, 7) is 5.97. The number of hydrogen-bond donors (Lipinski definition) is 2. The van der Waals surface area contributed by atoms with Crippen molar-refractivity contribution in [2.45, 2.75) is 38.0 Å². The van der Waals surface area contributed by atoms with Crippen LogP contribution < -0.4 is 9.62 Å². The molecule has 3 rings (SSSR count). The highest BCUT2D eigenvalue weighted by Gasteiger charge is 2.21. The zero-order chi connectivity index (χ0) is 20.3. The van der Waals surface area contributed by atoms with Crippen molar-refractivity contribution in [1.82, 2.24) is 0 Å². The van der Waals surface area contributed by atoms with Gasteiger partial charge in [0.2, 0.25) is 0 Å². The molecule has 0 radical (unpaired) electrons. The van der Waals surface area contributed by atoms with Crippen LogP contribution >= 0.6 is 0 Å². The second-order valence-electron chi connectivity index (χ2n) is 7.58. The SMILES string of the molecule is CC(C)Cc1ccc(S(=O)(=O)Nc2ccc(N3CCCC3)cc2C(=O)O)cc1. The molecule has 0 atom stereocenters. The van der Waals surface area contributed by atoms with Gasteiger partial charge < -0.3 is 10.0 Å². The molecule has 0 saturated carbocycles. The van der Waals surface area contributed by atoms with Crippen LogP contribution in [0.2, 0.25) is 0 Å². The van der Waals surface area contributed by atoms with E-state index in [1.807, 2.05) is 0 Å². The highest BCUT2D eigenvalue weighted by molar-refractivity contribution is 7.92. The lowest BCUT2D eigenvalue weighted by molar-refractivity contribution is 0.0698. The Labute approximate surface area is 166 Å². The monoisotopic (exact) mass is 402 g/mol. The molecule has 150 valence electrons. The van der Waals surface area contributed by atoms with Crippen LogP contribution in [0, 0.1) is 5.92 Å². The van der Waals surface area contributed by atoms with Gasteiger partial charge in [-0.15, -0.1) is 0 Å². The van der Waals surface area contributed by atoms with E-state index in [-0.39, 0.29) is 16.1 Å². The van der Waals surface area contributed by atoms with Crippen LogP contribution in [0.25, 0.3) is 0 Å². The normalized spacial score (nSPS) is 14.5. The largest absolute Gasteiger partial charge is 0.478 e. The van der Waals surface area contributed by atoms with Crippen molar-refractivity contribution in [3.05, 3.63) is 53.6 Å². The van der Waals surface area contributed by atoms with Crippen molar-refractivity contribution in [1.29, 1.82) is 0 Å². The molecule has 0 amide bonds. The van der Waals surface area contributed by atoms with Crippen LogP contribution in [-0.4, -0.2) is 32.6 Å². The predicted octanol–water partition coefficient (Wildman–Crippen LogP) is 3.98. The number of hydrogen-bond acceptors (Lipinski definition) is 4. The molecule has 2 aromatic rings. The molecule has 2 aromatic carbocycles. The van der Waals surface area contributed by atoms with Gasteiger partial charge >= 0.3 is 5.97 Å². The number of carboxylic acid groups (broad SMARTS) is 1. The summed E-state index contributed by atoms with van der Waals surface area (Å²) in [5.74, 6) is -0.682. The summed E-state index contributed by atoms with van der Waals surface area (Å²) >= 11 is 0. The van der Waals surface area contributed by atoms with E-state index >= 15 is 0 Å². The fraction of sp³-hybridized carbons (Fsp3) is 0.381. The van der Waals surface area contributed by atoms with E-state index in [1.54, 1.807) is 30.3 Å². The molecule has 0 unspecified atom stereocenters. The van der Waals surface area contributed by atoms with Gasteiger partial charge in [0, 0.05) is 18.8 Å². The van der Waals surface area contributed by atoms with Gasteiger partial charge in [-0.2, -0.15) is 0 Å². The molecular weight excluding hydrogens is 376 g/mol. The van der Waals surface area contributed by atoms with Crippen molar-refractivity contribution in [3.8, 4) is 0 Å². The Hall–Kier alpha value is -2.54. The van der Waals surface area contributed by atoms with Gasteiger partial charge in [0.05, 0.1) is 16.1 Å². The molecule has 1 aliphatic heterocycles. The summed E-state index contributed by atoms with van der Waals surface area (Å²) in [4.78, 5) is 13.9. The zero-order valence-corrected chi connectivity index (χ0v) is 17.0. The van der Waals surface area contributed by atoms with Crippen LogP contribution in [0.15, 0.2) is 47.4 Å². The summed E-state index contributed by atoms with van der Waals surface area (Å²) in [6.07, 6.45) is 3.02. The van der Waals surface area contributed by atoms with Crippen LogP contribution in [0.3, 0.4) is 0 Å². The number of carbonyl (C=O) groups is 1. The summed E-state index contributed by atoms with van der Waals surface area (Å²) in [7, 11) is -3.87. The zero-order valence-electron chi connectivity index (χ0n) is 16.2. The Morgan fingerprint density at radius 1 is 1.11 bits per heavy atom. The van der Waals surface area contributed by atoms with Crippen molar-refractivity contribution in [3.63, 3.8) is 0 Å². The Balaban J connectivity index is 1.85. The Kier molecular flexibility index (Phi) is 5.93. The third-order valence-corrected chi connectivity index (χ3v) is 6.21. The van der Waals surface area contributed by atoms with Gasteiger partial charge in [0.25, 0.3) is 10.0 Å². The third-order valence-electron chi connectivity index (χ3n) is 4.83. The van der Waals surface area contributed by atoms with E-state index < -0.39 is 16.0 Å². The number of nitrogens with zero attached hydrogens (tertiary/aromatic N) is 1. The quantitative estimate of drug-likeness (QED) is 0.731. The Morgan fingerprint density at radius 3 is 2.32 bits per heavy atom. The molecular formula is C21H26N2O4S. The van der Waals surface area contributed by atoms with Gasteiger partial charge in [-0.25, -0.2) is 13.2 Å². The maximum atomic E-state index is 12.7. The molecule has 0 aliphatic carbocycles. The summed E-state index contributed by atoms with van der Waals surface area (Å²) in [6, 6.07) is 11.5. The molecule has 28 heavy (non-hydrogen) atoms. The van der Waals surface area contributed by atoms with Crippen molar-refractivity contribution in [2.24, 2.45) is 5.92 Å². The molecule has 7 heteroatoms. The number of sulfonamides is 1. The predicted molar refractivity (Wildman–Crippen MR) is 111 cm³/mol. The Bertz CT molecular complexity index is 947. The first-order valence-electron chi connectivity index (χ1n) is 9.50. The van der Waals surface area contributed by atoms with Gasteiger partial charge in [-0.1, -0.05) is 26.0 Å². The number of nitrogens with one attached hydrogen (secondary N) is 1. The lowest BCUT2D eigenvalue weighted by Crippen LogP contribution is -2.19. The van der Waals surface area contributed by atoms with Crippen LogP contribution in [-0.2, 0) is 16.4 Å². The highest BCUT2D eigenvalue weighted by atomic mass is 32.2. The molecule has 6 nitrogen and oxygen atoms in total. The third kappa shape index (κ3) is 4.65. The van der Waals surface area contributed by atoms with Gasteiger partial charge in [0.1, 0.15) is 0 Å². The molecule has 0 spiro atoms. The maximum absolute atomic E-state index is 12.7. The average molecular weight is 403 g/mol. The van der Waals surface area contributed by atoms with Gasteiger partial charge in [-0.3, -0.25) is 4.72 Å². The maximum Gasteiger partial charge on any atom is 0.337 e. The topological polar surface area (TPSA) is 86.7 Å². The van der Waals surface area contributed by atoms with Crippen LogP contribution in [0.1, 0.15) is 42.6 Å². The fourth-order valence-electron chi connectivity index (χ4n) is 3.45. The summed E-state index contributed by atoms with van der Waals surface area (Å²) in [5.41, 5.74) is 1.89. The Morgan fingerprint density at radius 2 is 1.75 bits per heavy atom. The van der Waals surface area contributed by atoms with Crippen molar-refractivity contribution >= 4 is 27.4 Å². The second-order valence-corrected chi connectivity index (χ2v) is 9.26. The number of rotatable bonds is 7. The lowest BCUT2D eigenvalue weighted by atomic mass is 10.0. The number of benzene rings is 2. The molecule has 0 aromatic heterocycles. The van der Waals surface area contributed by atoms with E-state index in [9.17, 15) is 18.3 Å². The minimum Gasteiger partial charge on any atom is -0.478 e. The summed E-state index contributed by atoms with van der Waals surface area (Å²) in [5, 5.41) is 9.57. The second kappa shape index (κ2) is 8.22. The van der Waals surface area contributed by atoms with E-state index in [1.165, 1.54) is 12.1 Å². The molecule has 1 heterocycles. The summed E-state index contributed by atoms with van der Waals surface area (Å²) < 4.78 is 27.9. The molecule has 1 aliphatic rings. The number of aromatic carboxylic acids is 1. The van der Waals surface area contributed by atoms with Crippen LogP contribution in [0.4, 0.5) is 11.4 Å². The minimum absolute atomic E-state index is 0.0515. The van der Waals surface area contributed by atoms with E-state index in [0.717, 1.165) is 43.6 Å². The molecule has 2 N–H and O–H groups in total. The van der Waals surface area contributed by atoms with Gasteiger partial charge in [0.15, 0.2) is 0 Å². The molecule has 0 bridgehead atoms. The van der Waals surface area contributed by atoms with E-state index in [0.29, 0.717) is 5.92 Å². The minimum atomic E-state index is -3.87. The highest BCUT2D eigenvalue weighted by Crippen LogP contribution is 2.28. The number of carboxylic acids is 1. The first-order chi connectivity index (χ1) is 13.3. The lowest BCUT2D eigenvalue weighted by Gasteiger charge is -2.19. The van der Waals surface area contributed by atoms with Gasteiger partial charge in [-0.05, 0) is 61.1 Å². The first kappa shape index (κ1) is 20.2. The fourth-order valence-corrected chi connectivity index (χ4v) is 4.53. The smallest absolute Gasteiger partial charge is 0.337 e. The van der Waals surface area contributed by atoms with Crippen LogP contribution in [0.5, 0.6) is 0 Å². The standard InChI is InChI=1S/C21H26N2O4S/c1-15(2)13-16-5-8-18(9-6-16)28(26,27)22-20-10-7-17(14-19(20)21(24)25)23-11-3-4-12-23/h5-10,14-15,22H,3-4,11-13H2,1-2H3,(H,24,25). The average Bonchev–Trinajstić information content (AvgIpc) is 3.16.